The van der Waals surface area contributed by atoms with Gasteiger partial charge in [0.05, 0.1) is 11.6 Å². The molecule has 0 spiro atoms. The summed E-state index contributed by atoms with van der Waals surface area (Å²) in [6.07, 6.45) is 0.476. The zero-order chi connectivity index (χ0) is 12.4. The van der Waals surface area contributed by atoms with Crippen molar-refractivity contribution in [2.24, 2.45) is 0 Å². The van der Waals surface area contributed by atoms with Crippen LogP contribution >= 0.6 is 11.8 Å². The fourth-order valence-corrected chi connectivity index (χ4v) is 2.78. The molecule has 2 atom stereocenters. The van der Waals surface area contributed by atoms with E-state index in [1.165, 1.54) is 18.2 Å². The van der Waals surface area contributed by atoms with Crippen LogP contribution in [0.15, 0.2) is 23.1 Å². The van der Waals surface area contributed by atoms with Gasteiger partial charge in [0, 0.05) is 11.3 Å². The molecule has 3 nitrogen and oxygen atoms in total. The lowest BCUT2D eigenvalue weighted by atomic mass is 10.2. The number of halogens is 1. The number of carbonyl (C=O) groups excluding carboxylic acids is 1. The van der Waals surface area contributed by atoms with E-state index in [1.54, 1.807) is 0 Å². The van der Waals surface area contributed by atoms with Crippen LogP contribution < -0.4 is 0 Å². The minimum atomic E-state index is -0.471. The minimum Gasteiger partial charge on any atom is -0.462 e. The van der Waals surface area contributed by atoms with Gasteiger partial charge in [0.1, 0.15) is 17.2 Å². The molecule has 0 N–H and O–H groups in total. The predicted octanol–water partition coefficient (Wildman–Crippen LogP) is 2.49. The molecular formula is C12H10FNO2S. The Bertz CT molecular complexity index is 498. The highest BCUT2D eigenvalue weighted by atomic mass is 32.2. The van der Waals surface area contributed by atoms with Crippen molar-refractivity contribution in [2.45, 2.75) is 29.6 Å². The number of hydrogen-bond donors (Lipinski definition) is 0. The lowest BCUT2D eigenvalue weighted by molar-refractivity contribution is -0.140. The van der Waals surface area contributed by atoms with Crippen LogP contribution in [0.25, 0.3) is 0 Å². The summed E-state index contributed by atoms with van der Waals surface area (Å²) in [6.45, 7) is 1.81. The average Bonchev–Trinajstić information content (AvgIpc) is 2.60. The Morgan fingerprint density at radius 3 is 2.88 bits per heavy atom. The minimum absolute atomic E-state index is 0.110. The van der Waals surface area contributed by atoms with Gasteiger partial charge in [-0.1, -0.05) is 0 Å². The standard InChI is InChI=1S/C12H10FNO2S/c1-7-4-11(12(15)16-7)17-10-3-2-8(6-14)5-9(10)13/h2-3,5,7,11H,4H2,1H3/t7-,11-/m0/s1. The fourth-order valence-electron chi connectivity index (χ4n) is 1.64. The third-order valence-electron chi connectivity index (χ3n) is 2.46. The van der Waals surface area contributed by atoms with Gasteiger partial charge in [-0.3, -0.25) is 4.79 Å². The van der Waals surface area contributed by atoms with Crippen molar-refractivity contribution in [2.75, 3.05) is 0 Å². The molecule has 0 aliphatic carbocycles. The lowest BCUT2D eigenvalue weighted by Crippen LogP contribution is -2.09. The van der Waals surface area contributed by atoms with E-state index in [0.717, 1.165) is 11.8 Å². The number of hydrogen-bond acceptors (Lipinski definition) is 4. The van der Waals surface area contributed by atoms with Crippen LogP contribution in [0.2, 0.25) is 0 Å². The molecule has 1 aromatic carbocycles. The van der Waals surface area contributed by atoms with Crippen LogP contribution in [0.4, 0.5) is 4.39 Å². The number of nitriles is 1. The summed E-state index contributed by atoms with van der Waals surface area (Å²) in [5, 5.41) is 8.26. The average molecular weight is 251 g/mol. The zero-order valence-electron chi connectivity index (χ0n) is 9.14. The van der Waals surface area contributed by atoms with Crippen molar-refractivity contribution in [3.05, 3.63) is 29.6 Å². The molecule has 17 heavy (non-hydrogen) atoms. The molecular weight excluding hydrogens is 241 g/mol. The van der Waals surface area contributed by atoms with Crippen LogP contribution in [0.5, 0.6) is 0 Å². The predicted molar refractivity (Wildman–Crippen MR) is 60.9 cm³/mol. The van der Waals surface area contributed by atoms with Gasteiger partial charge >= 0.3 is 5.97 Å². The first-order chi connectivity index (χ1) is 8.10. The summed E-state index contributed by atoms with van der Waals surface area (Å²) >= 11 is 1.15. The van der Waals surface area contributed by atoms with Crippen LogP contribution in [0, 0.1) is 17.1 Å². The lowest BCUT2D eigenvalue weighted by Gasteiger charge is -2.06. The molecule has 1 aromatic rings. The second-order valence-corrected chi connectivity index (χ2v) is 5.09. The number of esters is 1. The molecule has 0 amide bonds. The van der Waals surface area contributed by atoms with E-state index in [0.29, 0.717) is 11.3 Å². The van der Waals surface area contributed by atoms with Crippen molar-refractivity contribution in [1.29, 1.82) is 5.26 Å². The van der Waals surface area contributed by atoms with Gasteiger partial charge in [0.25, 0.3) is 0 Å². The monoisotopic (exact) mass is 251 g/mol. The van der Waals surface area contributed by atoms with E-state index in [-0.39, 0.29) is 22.9 Å². The van der Waals surface area contributed by atoms with Gasteiger partial charge < -0.3 is 4.74 Å². The quantitative estimate of drug-likeness (QED) is 0.758. The summed E-state index contributed by atoms with van der Waals surface area (Å²) in [5.41, 5.74) is 0.272. The van der Waals surface area contributed by atoms with Crippen LogP contribution in [0.3, 0.4) is 0 Å². The van der Waals surface area contributed by atoms with E-state index in [1.807, 2.05) is 13.0 Å². The Morgan fingerprint density at radius 1 is 1.59 bits per heavy atom. The maximum absolute atomic E-state index is 13.6. The summed E-state index contributed by atoms with van der Waals surface area (Å²) in [5.74, 6) is -0.771. The molecule has 0 unspecified atom stereocenters. The highest BCUT2D eigenvalue weighted by molar-refractivity contribution is 8.00. The number of cyclic esters (lactones) is 1. The number of carbonyl (C=O) groups is 1. The summed E-state index contributed by atoms with van der Waals surface area (Å²) in [4.78, 5) is 11.8. The van der Waals surface area contributed by atoms with Gasteiger partial charge in [-0.15, -0.1) is 11.8 Å². The molecule has 1 aliphatic rings. The molecule has 0 saturated carbocycles. The number of ether oxygens (including phenoxy) is 1. The first kappa shape index (κ1) is 11.9. The van der Waals surface area contributed by atoms with Gasteiger partial charge in [0.15, 0.2) is 0 Å². The number of rotatable bonds is 2. The Morgan fingerprint density at radius 2 is 2.35 bits per heavy atom. The van der Waals surface area contributed by atoms with E-state index in [2.05, 4.69) is 0 Å². The van der Waals surface area contributed by atoms with Crippen LogP contribution in [-0.2, 0) is 9.53 Å². The second-order valence-electron chi connectivity index (χ2n) is 3.85. The van der Waals surface area contributed by atoms with Crippen LogP contribution in [-0.4, -0.2) is 17.3 Å². The molecule has 1 fully saturated rings. The molecule has 0 bridgehead atoms. The third-order valence-corrected chi connectivity index (χ3v) is 3.71. The maximum Gasteiger partial charge on any atom is 0.319 e. The van der Waals surface area contributed by atoms with Gasteiger partial charge in [-0.25, -0.2) is 4.39 Å². The Balaban J connectivity index is 2.14. The van der Waals surface area contributed by atoms with Crippen molar-refractivity contribution < 1.29 is 13.9 Å². The first-order valence-electron chi connectivity index (χ1n) is 5.17. The Labute approximate surface area is 103 Å². The topological polar surface area (TPSA) is 50.1 Å². The Kier molecular flexibility index (Phi) is 3.34. The second kappa shape index (κ2) is 4.76. The molecule has 1 heterocycles. The van der Waals surface area contributed by atoms with Gasteiger partial charge in [0.2, 0.25) is 0 Å². The van der Waals surface area contributed by atoms with Crippen molar-refractivity contribution in [3.8, 4) is 6.07 Å². The van der Waals surface area contributed by atoms with E-state index < -0.39 is 5.82 Å². The molecule has 1 aliphatic heterocycles. The number of thioether (sulfide) groups is 1. The first-order valence-corrected chi connectivity index (χ1v) is 6.05. The smallest absolute Gasteiger partial charge is 0.319 e. The normalized spacial score (nSPS) is 23.2. The van der Waals surface area contributed by atoms with E-state index >= 15 is 0 Å². The van der Waals surface area contributed by atoms with Gasteiger partial charge in [-0.05, 0) is 25.1 Å². The summed E-state index contributed by atoms with van der Waals surface area (Å²) in [6, 6.07) is 6.10. The largest absolute Gasteiger partial charge is 0.462 e. The fraction of sp³-hybridized carbons (Fsp3) is 0.333. The zero-order valence-corrected chi connectivity index (χ0v) is 9.96. The van der Waals surface area contributed by atoms with Crippen LogP contribution in [0.1, 0.15) is 18.9 Å². The summed E-state index contributed by atoms with van der Waals surface area (Å²) < 4.78 is 18.6. The van der Waals surface area contributed by atoms with Crippen molar-refractivity contribution >= 4 is 17.7 Å². The molecule has 0 aromatic heterocycles. The van der Waals surface area contributed by atoms with E-state index in [4.69, 9.17) is 10.00 Å². The molecule has 5 heteroatoms. The molecule has 2 rings (SSSR count). The third kappa shape index (κ3) is 2.59. The SMILES string of the molecule is C[C@H]1C[C@H](Sc2ccc(C#N)cc2F)C(=O)O1. The highest BCUT2D eigenvalue weighted by Gasteiger charge is 2.33. The van der Waals surface area contributed by atoms with Gasteiger partial charge in [-0.2, -0.15) is 5.26 Å². The van der Waals surface area contributed by atoms with E-state index in [9.17, 15) is 9.18 Å². The van der Waals surface area contributed by atoms with Crippen molar-refractivity contribution in [1.82, 2.24) is 0 Å². The number of benzene rings is 1. The molecule has 0 radical (unpaired) electrons. The molecule has 1 saturated heterocycles. The highest BCUT2D eigenvalue weighted by Crippen LogP contribution is 2.33. The summed E-state index contributed by atoms with van der Waals surface area (Å²) in [7, 11) is 0. The maximum atomic E-state index is 13.6. The number of nitrogens with zero attached hydrogens (tertiary/aromatic N) is 1. The van der Waals surface area contributed by atoms with Crippen molar-refractivity contribution in [3.63, 3.8) is 0 Å². The molecule has 88 valence electrons. The Hall–Kier alpha value is -1.54.